The van der Waals surface area contributed by atoms with Gasteiger partial charge in [0.05, 0.1) is 23.3 Å². The van der Waals surface area contributed by atoms with Gasteiger partial charge < -0.3 is 15.2 Å². The summed E-state index contributed by atoms with van der Waals surface area (Å²) in [5.41, 5.74) is 1.11. The second-order valence-electron chi connectivity index (χ2n) is 4.76. The Balaban J connectivity index is 2.21. The molecule has 1 amide bonds. The van der Waals surface area contributed by atoms with E-state index >= 15 is 0 Å². The van der Waals surface area contributed by atoms with E-state index in [1.54, 1.807) is 25.1 Å². The standard InChI is InChI=1S/C14H17NO4/c1-8-4-3-5-11(12(8)14(17)18)15-13(16)10-6-7-19-9(10)2/h3-5,9-10H,6-7H2,1-2H3,(H,15,16)(H,17,18). The van der Waals surface area contributed by atoms with Crippen molar-refractivity contribution in [2.45, 2.75) is 26.4 Å². The molecule has 1 fully saturated rings. The van der Waals surface area contributed by atoms with Crippen LogP contribution < -0.4 is 5.32 Å². The van der Waals surface area contributed by atoms with E-state index in [4.69, 9.17) is 4.74 Å². The number of ether oxygens (including phenoxy) is 1. The number of nitrogens with one attached hydrogen (secondary N) is 1. The summed E-state index contributed by atoms with van der Waals surface area (Å²) in [7, 11) is 0. The predicted molar refractivity (Wildman–Crippen MR) is 70.3 cm³/mol. The lowest BCUT2D eigenvalue weighted by Crippen LogP contribution is -2.28. The first kappa shape index (κ1) is 13.5. The monoisotopic (exact) mass is 263 g/mol. The Morgan fingerprint density at radius 2 is 2.16 bits per heavy atom. The van der Waals surface area contributed by atoms with Crippen LogP contribution in [0.25, 0.3) is 0 Å². The zero-order valence-electron chi connectivity index (χ0n) is 11.0. The minimum absolute atomic E-state index is 0.127. The highest BCUT2D eigenvalue weighted by Gasteiger charge is 2.31. The predicted octanol–water partition coefficient (Wildman–Crippen LogP) is 2.06. The smallest absolute Gasteiger partial charge is 0.338 e. The zero-order chi connectivity index (χ0) is 14.0. The average Bonchev–Trinajstić information content (AvgIpc) is 2.75. The average molecular weight is 263 g/mol. The van der Waals surface area contributed by atoms with E-state index in [0.717, 1.165) is 0 Å². The summed E-state index contributed by atoms with van der Waals surface area (Å²) in [6.45, 7) is 4.13. The van der Waals surface area contributed by atoms with Crippen LogP contribution in [0, 0.1) is 12.8 Å². The lowest BCUT2D eigenvalue weighted by atomic mass is 10.0. The maximum absolute atomic E-state index is 12.1. The highest BCUT2D eigenvalue weighted by Crippen LogP contribution is 2.24. The normalized spacial score (nSPS) is 22.2. The molecule has 1 aromatic rings. The van der Waals surface area contributed by atoms with Crippen molar-refractivity contribution < 1.29 is 19.4 Å². The summed E-state index contributed by atoms with van der Waals surface area (Å²) in [5, 5.41) is 11.9. The number of benzene rings is 1. The molecule has 1 saturated heterocycles. The number of carbonyl (C=O) groups is 2. The summed E-state index contributed by atoms with van der Waals surface area (Å²) in [4.78, 5) is 23.4. The Kier molecular flexibility index (Phi) is 3.85. The van der Waals surface area contributed by atoms with Gasteiger partial charge in [-0.25, -0.2) is 4.79 Å². The number of carboxylic acid groups (broad SMARTS) is 1. The fourth-order valence-electron chi connectivity index (χ4n) is 2.36. The van der Waals surface area contributed by atoms with Crippen LogP contribution in [0.3, 0.4) is 0 Å². The van der Waals surface area contributed by atoms with E-state index in [-0.39, 0.29) is 23.5 Å². The van der Waals surface area contributed by atoms with Crippen molar-refractivity contribution >= 4 is 17.6 Å². The number of rotatable bonds is 3. The second kappa shape index (κ2) is 5.40. The van der Waals surface area contributed by atoms with Gasteiger partial charge >= 0.3 is 5.97 Å². The van der Waals surface area contributed by atoms with Gasteiger partial charge in [-0.15, -0.1) is 0 Å². The Bertz CT molecular complexity index is 512. The van der Waals surface area contributed by atoms with Gasteiger partial charge in [0.25, 0.3) is 0 Å². The largest absolute Gasteiger partial charge is 0.478 e. The van der Waals surface area contributed by atoms with Crippen LogP contribution >= 0.6 is 0 Å². The van der Waals surface area contributed by atoms with Crippen molar-refractivity contribution in [3.05, 3.63) is 29.3 Å². The topological polar surface area (TPSA) is 75.6 Å². The van der Waals surface area contributed by atoms with E-state index in [2.05, 4.69) is 5.32 Å². The van der Waals surface area contributed by atoms with Gasteiger partial charge in [-0.1, -0.05) is 12.1 Å². The molecular weight excluding hydrogens is 246 g/mol. The number of anilines is 1. The van der Waals surface area contributed by atoms with Gasteiger partial charge in [0.1, 0.15) is 0 Å². The third kappa shape index (κ3) is 2.76. The van der Waals surface area contributed by atoms with Gasteiger partial charge in [-0.05, 0) is 31.9 Å². The first-order valence-corrected chi connectivity index (χ1v) is 6.26. The molecule has 2 rings (SSSR count). The van der Waals surface area contributed by atoms with Gasteiger partial charge in [-0.3, -0.25) is 4.79 Å². The third-order valence-electron chi connectivity index (χ3n) is 3.46. The minimum Gasteiger partial charge on any atom is -0.478 e. The molecular formula is C14H17NO4. The number of hydrogen-bond donors (Lipinski definition) is 2. The Morgan fingerprint density at radius 1 is 1.42 bits per heavy atom. The fourth-order valence-corrected chi connectivity index (χ4v) is 2.36. The molecule has 2 N–H and O–H groups in total. The molecule has 1 aromatic carbocycles. The van der Waals surface area contributed by atoms with Crippen molar-refractivity contribution in [2.24, 2.45) is 5.92 Å². The van der Waals surface area contributed by atoms with Gasteiger partial charge in [0.15, 0.2) is 0 Å². The molecule has 1 aliphatic rings. The SMILES string of the molecule is Cc1cccc(NC(=O)C2CCOC2C)c1C(=O)O. The fraction of sp³-hybridized carbons (Fsp3) is 0.429. The first-order chi connectivity index (χ1) is 9.00. The van der Waals surface area contributed by atoms with Crippen molar-refractivity contribution in [1.29, 1.82) is 0 Å². The lowest BCUT2D eigenvalue weighted by molar-refractivity contribution is -0.121. The van der Waals surface area contributed by atoms with Crippen molar-refractivity contribution in [2.75, 3.05) is 11.9 Å². The molecule has 0 bridgehead atoms. The van der Waals surface area contributed by atoms with Gasteiger partial charge in [-0.2, -0.15) is 0 Å². The van der Waals surface area contributed by atoms with Crippen LogP contribution in [-0.2, 0) is 9.53 Å². The lowest BCUT2D eigenvalue weighted by Gasteiger charge is -2.16. The van der Waals surface area contributed by atoms with E-state index in [0.29, 0.717) is 24.3 Å². The van der Waals surface area contributed by atoms with Crippen LogP contribution in [0.2, 0.25) is 0 Å². The molecule has 0 aliphatic carbocycles. The molecule has 0 radical (unpaired) electrons. The number of hydrogen-bond acceptors (Lipinski definition) is 3. The molecule has 1 heterocycles. The van der Waals surface area contributed by atoms with Crippen molar-refractivity contribution in [3.8, 4) is 0 Å². The molecule has 5 nitrogen and oxygen atoms in total. The number of aromatic carboxylic acids is 1. The van der Waals surface area contributed by atoms with Crippen LogP contribution in [-0.4, -0.2) is 29.7 Å². The molecule has 102 valence electrons. The Labute approximate surface area is 111 Å². The molecule has 5 heteroatoms. The van der Waals surface area contributed by atoms with Crippen LogP contribution in [0.5, 0.6) is 0 Å². The number of carbonyl (C=O) groups excluding carboxylic acids is 1. The molecule has 2 unspecified atom stereocenters. The first-order valence-electron chi connectivity index (χ1n) is 6.26. The number of carboxylic acids is 1. The second-order valence-corrected chi connectivity index (χ2v) is 4.76. The van der Waals surface area contributed by atoms with Crippen LogP contribution in [0.4, 0.5) is 5.69 Å². The van der Waals surface area contributed by atoms with Crippen molar-refractivity contribution in [1.82, 2.24) is 0 Å². The van der Waals surface area contributed by atoms with Gasteiger partial charge in [0.2, 0.25) is 5.91 Å². The van der Waals surface area contributed by atoms with Gasteiger partial charge in [0, 0.05) is 6.61 Å². The van der Waals surface area contributed by atoms with E-state index < -0.39 is 5.97 Å². The van der Waals surface area contributed by atoms with Crippen LogP contribution in [0.1, 0.15) is 29.3 Å². The van der Waals surface area contributed by atoms with E-state index in [9.17, 15) is 14.7 Å². The molecule has 0 aromatic heterocycles. The quantitative estimate of drug-likeness (QED) is 0.875. The summed E-state index contributed by atoms with van der Waals surface area (Å²) in [6, 6.07) is 5.04. The van der Waals surface area contributed by atoms with E-state index in [1.165, 1.54) is 0 Å². The zero-order valence-corrected chi connectivity index (χ0v) is 11.0. The Morgan fingerprint density at radius 3 is 2.74 bits per heavy atom. The van der Waals surface area contributed by atoms with E-state index in [1.807, 2.05) is 6.92 Å². The number of aryl methyl sites for hydroxylation is 1. The molecule has 1 aliphatic heterocycles. The highest BCUT2D eigenvalue weighted by atomic mass is 16.5. The molecule has 2 atom stereocenters. The Hall–Kier alpha value is -1.88. The highest BCUT2D eigenvalue weighted by molar-refractivity contribution is 6.02. The summed E-state index contributed by atoms with van der Waals surface area (Å²) >= 11 is 0. The molecule has 0 spiro atoms. The summed E-state index contributed by atoms with van der Waals surface area (Å²) in [5.74, 6) is -1.44. The summed E-state index contributed by atoms with van der Waals surface area (Å²) < 4.78 is 5.35. The maximum atomic E-state index is 12.1. The molecule has 19 heavy (non-hydrogen) atoms. The summed E-state index contributed by atoms with van der Waals surface area (Å²) in [6.07, 6.45) is 0.541. The maximum Gasteiger partial charge on any atom is 0.338 e. The third-order valence-corrected chi connectivity index (χ3v) is 3.46. The minimum atomic E-state index is -1.04. The number of amides is 1. The van der Waals surface area contributed by atoms with Crippen molar-refractivity contribution in [3.63, 3.8) is 0 Å². The molecule has 0 saturated carbocycles. The van der Waals surface area contributed by atoms with Crippen LogP contribution in [0.15, 0.2) is 18.2 Å².